The second-order valence-corrected chi connectivity index (χ2v) is 4.20. The number of nitrogens with zero attached hydrogens (tertiary/aromatic N) is 1. The van der Waals surface area contributed by atoms with Crippen LogP contribution in [0, 0.1) is 5.41 Å². The lowest BCUT2D eigenvalue weighted by molar-refractivity contribution is 0.0334. The number of oxime groups is 1. The van der Waals surface area contributed by atoms with Crippen LogP contribution in [-0.4, -0.2) is 17.5 Å². The van der Waals surface area contributed by atoms with Gasteiger partial charge in [0, 0.05) is 0 Å². The molecule has 1 fully saturated rings. The lowest BCUT2D eigenvalue weighted by atomic mass is 9.98. The SMILES string of the molecule is N=C1C=CC=C(N)C1=NOC1CCCCC1. The van der Waals surface area contributed by atoms with E-state index in [9.17, 15) is 0 Å². The summed E-state index contributed by atoms with van der Waals surface area (Å²) in [6.07, 6.45) is 11.2. The van der Waals surface area contributed by atoms with E-state index < -0.39 is 0 Å². The highest BCUT2D eigenvalue weighted by Crippen LogP contribution is 2.20. The molecular formula is C12H17N3O. The summed E-state index contributed by atoms with van der Waals surface area (Å²) in [5, 5.41) is 11.7. The molecule has 0 aromatic heterocycles. The van der Waals surface area contributed by atoms with Crippen molar-refractivity contribution in [2.75, 3.05) is 0 Å². The number of hydrogen-bond donors (Lipinski definition) is 2. The van der Waals surface area contributed by atoms with E-state index in [-0.39, 0.29) is 6.10 Å². The van der Waals surface area contributed by atoms with Crippen LogP contribution in [0.1, 0.15) is 32.1 Å². The van der Waals surface area contributed by atoms with Crippen LogP contribution in [0.4, 0.5) is 0 Å². The third kappa shape index (κ3) is 2.51. The van der Waals surface area contributed by atoms with E-state index >= 15 is 0 Å². The van der Waals surface area contributed by atoms with Crippen LogP contribution < -0.4 is 5.73 Å². The second-order valence-electron chi connectivity index (χ2n) is 4.20. The Balaban J connectivity index is 1.98. The molecule has 1 saturated carbocycles. The smallest absolute Gasteiger partial charge is 0.150 e. The van der Waals surface area contributed by atoms with Crippen LogP contribution in [-0.2, 0) is 4.84 Å². The third-order valence-corrected chi connectivity index (χ3v) is 2.91. The zero-order valence-corrected chi connectivity index (χ0v) is 9.28. The van der Waals surface area contributed by atoms with Gasteiger partial charge in [-0.15, -0.1) is 0 Å². The molecule has 2 rings (SSSR count). The van der Waals surface area contributed by atoms with E-state index in [1.54, 1.807) is 18.2 Å². The van der Waals surface area contributed by atoms with Gasteiger partial charge < -0.3 is 10.6 Å². The van der Waals surface area contributed by atoms with Crippen molar-refractivity contribution < 1.29 is 4.84 Å². The van der Waals surface area contributed by atoms with Crippen molar-refractivity contribution in [3.05, 3.63) is 23.9 Å². The molecule has 4 heteroatoms. The molecule has 86 valence electrons. The van der Waals surface area contributed by atoms with E-state index in [1.165, 1.54) is 19.3 Å². The van der Waals surface area contributed by atoms with E-state index in [2.05, 4.69) is 5.16 Å². The molecule has 2 aliphatic carbocycles. The van der Waals surface area contributed by atoms with Crippen LogP contribution in [0.15, 0.2) is 29.1 Å². The van der Waals surface area contributed by atoms with Gasteiger partial charge in [0.25, 0.3) is 0 Å². The maximum atomic E-state index is 7.68. The third-order valence-electron chi connectivity index (χ3n) is 2.91. The minimum atomic E-state index is 0.202. The van der Waals surface area contributed by atoms with Crippen molar-refractivity contribution in [3.63, 3.8) is 0 Å². The van der Waals surface area contributed by atoms with Gasteiger partial charge >= 0.3 is 0 Å². The fourth-order valence-electron chi connectivity index (χ4n) is 1.96. The van der Waals surface area contributed by atoms with Crippen molar-refractivity contribution in [1.29, 1.82) is 5.41 Å². The first-order chi connectivity index (χ1) is 7.77. The Morgan fingerprint density at radius 1 is 1.31 bits per heavy atom. The molecule has 0 aromatic rings. The molecule has 0 radical (unpaired) electrons. The minimum Gasteiger partial charge on any atom is -0.397 e. The monoisotopic (exact) mass is 219 g/mol. The number of hydrogen-bond acceptors (Lipinski definition) is 4. The summed E-state index contributed by atoms with van der Waals surface area (Å²) in [5.74, 6) is 0. The van der Waals surface area contributed by atoms with Gasteiger partial charge in [0.15, 0.2) is 5.71 Å². The molecule has 3 N–H and O–H groups in total. The Morgan fingerprint density at radius 3 is 2.75 bits per heavy atom. The maximum absolute atomic E-state index is 7.68. The fraction of sp³-hybridized carbons (Fsp3) is 0.500. The molecule has 0 spiro atoms. The molecule has 0 aliphatic heterocycles. The summed E-state index contributed by atoms with van der Waals surface area (Å²) in [6.45, 7) is 0. The van der Waals surface area contributed by atoms with Gasteiger partial charge in [-0.2, -0.15) is 0 Å². The molecule has 0 amide bonds. The predicted molar refractivity (Wildman–Crippen MR) is 64.5 cm³/mol. The van der Waals surface area contributed by atoms with E-state index in [1.807, 2.05) is 0 Å². The highest BCUT2D eigenvalue weighted by Gasteiger charge is 2.16. The average molecular weight is 219 g/mol. The first kappa shape index (κ1) is 10.9. The molecule has 2 aliphatic rings. The Morgan fingerprint density at radius 2 is 2.06 bits per heavy atom. The first-order valence-electron chi connectivity index (χ1n) is 5.74. The van der Waals surface area contributed by atoms with E-state index in [4.69, 9.17) is 16.0 Å². The maximum Gasteiger partial charge on any atom is 0.150 e. The zero-order valence-electron chi connectivity index (χ0n) is 9.28. The highest BCUT2D eigenvalue weighted by molar-refractivity contribution is 6.51. The van der Waals surface area contributed by atoms with Crippen LogP contribution >= 0.6 is 0 Å². The fourth-order valence-corrected chi connectivity index (χ4v) is 1.96. The normalized spacial score (nSPS) is 24.6. The summed E-state index contributed by atoms with van der Waals surface area (Å²) in [5.41, 5.74) is 7.01. The quantitative estimate of drug-likeness (QED) is 0.551. The number of nitrogens with one attached hydrogen (secondary N) is 1. The Bertz CT molecular complexity index is 362. The molecule has 4 nitrogen and oxygen atoms in total. The number of rotatable bonds is 2. The van der Waals surface area contributed by atoms with Gasteiger partial charge in [-0.05, 0) is 37.8 Å². The Labute approximate surface area is 95.4 Å². The number of nitrogens with two attached hydrogens (primary N) is 1. The molecule has 0 saturated heterocycles. The van der Waals surface area contributed by atoms with E-state index in [0.29, 0.717) is 17.1 Å². The summed E-state index contributed by atoms with van der Waals surface area (Å²) < 4.78 is 0. The average Bonchev–Trinajstić information content (AvgIpc) is 2.30. The Hall–Kier alpha value is -1.58. The van der Waals surface area contributed by atoms with Crippen molar-refractivity contribution in [1.82, 2.24) is 0 Å². The van der Waals surface area contributed by atoms with Gasteiger partial charge in [-0.3, -0.25) is 5.41 Å². The largest absolute Gasteiger partial charge is 0.397 e. The zero-order chi connectivity index (χ0) is 11.4. The lowest BCUT2D eigenvalue weighted by Crippen LogP contribution is -2.23. The molecule has 0 unspecified atom stereocenters. The van der Waals surface area contributed by atoms with Crippen LogP contribution in [0.25, 0.3) is 0 Å². The van der Waals surface area contributed by atoms with Gasteiger partial charge in [0.1, 0.15) is 6.10 Å². The minimum absolute atomic E-state index is 0.202. The Kier molecular flexibility index (Phi) is 3.39. The first-order valence-corrected chi connectivity index (χ1v) is 5.74. The lowest BCUT2D eigenvalue weighted by Gasteiger charge is -2.20. The van der Waals surface area contributed by atoms with Crippen LogP contribution in [0.5, 0.6) is 0 Å². The van der Waals surface area contributed by atoms with Crippen molar-refractivity contribution in [3.8, 4) is 0 Å². The second kappa shape index (κ2) is 4.96. The summed E-state index contributed by atoms with van der Waals surface area (Å²) in [6, 6.07) is 0. The topological polar surface area (TPSA) is 71.5 Å². The van der Waals surface area contributed by atoms with Gasteiger partial charge in [0.05, 0.1) is 11.4 Å². The summed E-state index contributed by atoms with van der Waals surface area (Å²) in [4.78, 5) is 5.46. The molecular weight excluding hydrogens is 202 g/mol. The molecule has 0 aromatic carbocycles. The molecule has 0 heterocycles. The van der Waals surface area contributed by atoms with Gasteiger partial charge in [-0.1, -0.05) is 17.7 Å². The van der Waals surface area contributed by atoms with Crippen molar-refractivity contribution in [2.24, 2.45) is 10.9 Å². The van der Waals surface area contributed by atoms with Crippen molar-refractivity contribution in [2.45, 2.75) is 38.2 Å². The van der Waals surface area contributed by atoms with Crippen molar-refractivity contribution >= 4 is 11.4 Å². The van der Waals surface area contributed by atoms with Crippen LogP contribution in [0.2, 0.25) is 0 Å². The standard InChI is InChI=1S/C12H17N3O/c13-10-7-4-8-11(14)12(10)15-16-9-5-2-1-3-6-9/h4,7-9,13H,1-3,5-6,14H2. The highest BCUT2D eigenvalue weighted by atomic mass is 16.6. The predicted octanol–water partition coefficient (Wildman–Crippen LogP) is 2.12. The van der Waals surface area contributed by atoms with Crippen LogP contribution in [0.3, 0.4) is 0 Å². The van der Waals surface area contributed by atoms with Gasteiger partial charge in [0.2, 0.25) is 0 Å². The summed E-state index contributed by atoms with van der Waals surface area (Å²) in [7, 11) is 0. The summed E-state index contributed by atoms with van der Waals surface area (Å²) >= 11 is 0. The molecule has 0 bridgehead atoms. The number of allylic oxidation sites excluding steroid dienone is 4. The van der Waals surface area contributed by atoms with Gasteiger partial charge in [-0.25, -0.2) is 0 Å². The van der Waals surface area contributed by atoms with E-state index in [0.717, 1.165) is 12.8 Å². The molecule has 16 heavy (non-hydrogen) atoms. The molecule has 0 atom stereocenters.